The highest BCUT2D eigenvalue weighted by Gasteiger charge is 2.06. The molecule has 0 aliphatic rings. The van der Waals surface area contributed by atoms with Crippen LogP contribution in [0.25, 0.3) is 0 Å². The van der Waals surface area contributed by atoms with Crippen molar-refractivity contribution in [1.29, 1.82) is 0 Å². The fraction of sp³-hybridized carbons (Fsp3) is 0.308. The van der Waals surface area contributed by atoms with Crippen LogP contribution in [0.4, 0.5) is 10.3 Å². The zero-order valence-corrected chi connectivity index (χ0v) is 10.0. The monoisotopic (exact) mass is 233 g/mol. The third-order valence-electron chi connectivity index (χ3n) is 2.43. The van der Waals surface area contributed by atoms with Crippen molar-refractivity contribution in [2.24, 2.45) is 0 Å². The lowest BCUT2D eigenvalue weighted by molar-refractivity contribution is 0.599. The van der Waals surface area contributed by atoms with Gasteiger partial charge in [-0.05, 0) is 19.9 Å². The Kier molecular flexibility index (Phi) is 3.42. The molecule has 1 heterocycles. The van der Waals surface area contributed by atoms with Gasteiger partial charge in [0.15, 0.2) is 0 Å². The van der Waals surface area contributed by atoms with Crippen LogP contribution in [0.3, 0.4) is 0 Å². The van der Waals surface area contributed by atoms with E-state index in [1.807, 2.05) is 30.7 Å². The Bertz CT molecular complexity index is 491. The molecule has 4 heteroatoms. The molecular formula is C13H16FN3. The fourth-order valence-corrected chi connectivity index (χ4v) is 1.65. The van der Waals surface area contributed by atoms with Crippen molar-refractivity contribution in [2.45, 2.75) is 26.4 Å². The van der Waals surface area contributed by atoms with E-state index in [4.69, 9.17) is 0 Å². The molecule has 0 aliphatic carbocycles. The van der Waals surface area contributed by atoms with Crippen LogP contribution < -0.4 is 5.32 Å². The molecule has 3 nitrogen and oxygen atoms in total. The van der Waals surface area contributed by atoms with Crippen molar-refractivity contribution in [3.63, 3.8) is 0 Å². The summed E-state index contributed by atoms with van der Waals surface area (Å²) >= 11 is 0. The Morgan fingerprint density at radius 1 is 1.35 bits per heavy atom. The Labute approximate surface area is 100 Å². The van der Waals surface area contributed by atoms with Crippen molar-refractivity contribution in [1.82, 2.24) is 9.55 Å². The number of nitrogens with zero attached hydrogens (tertiary/aromatic N) is 2. The highest BCUT2D eigenvalue weighted by Crippen LogP contribution is 2.12. The van der Waals surface area contributed by atoms with Crippen molar-refractivity contribution in [3.05, 3.63) is 48.0 Å². The van der Waals surface area contributed by atoms with E-state index < -0.39 is 0 Å². The standard InChI is InChI=1S/C13H16FN3/c1-10(2)16-13-15-7-8-17(13)9-11-5-3-4-6-12(11)14/h3-8,10H,9H2,1-2H3,(H,15,16). The first-order valence-corrected chi connectivity index (χ1v) is 5.68. The summed E-state index contributed by atoms with van der Waals surface area (Å²) in [6, 6.07) is 7.10. The van der Waals surface area contributed by atoms with E-state index in [9.17, 15) is 4.39 Å². The Morgan fingerprint density at radius 2 is 2.12 bits per heavy atom. The molecule has 0 atom stereocenters. The lowest BCUT2D eigenvalue weighted by atomic mass is 10.2. The van der Waals surface area contributed by atoms with Crippen LogP contribution in [0.2, 0.25) is 0 Å². The molecule has 0 aliphatic heterocycles. The van der Waals surface area contributed by atoms with Crippen molar-refractivity contribution in [2.75, 3.05) is 5.32 Å². The summed E-state index contributed by atoms with van der Waals surface area (Å²) < 4.78 is 15.4. The van der Waals surface area contributed by atoms with Crippen molar-refractivity contribution < 1.29 is 4.39 Å². The Balaban J connectivity index is 2.19. The lowest BCUT2D eigenvalue weighted by Gasteiger charge is -2.12. The lowest BCUT2D eigenvalue weighted by Crippen LogP contribution is -2.15. The minimum Gasteiger partial charge on any atom is -0.353 e. The summed E-state index contributed by atoms with van der Waals surface area (Å²) in [5.74, 6) is 0.583. The summed E-state index contributed by atoms with van der Waals surface area (Å²) in [6.45, 7) is 4.58. The van der Waals surface area contributed by atoms with Gasteiger partial charge in [-0.2, -0.15) is 0 Å². The highest BCUT2D eigenvalue weighted by molar-refractivity contribution is 5.29. The van der Waals surface area contributed by atoms with Gasteiger partial charge >= 0.3 is 0 Å². The maximum atomic E-state index is 13.5. The predicted molar refractivity (Wildman–Crippen MR) is 66.5 cm³/mol. The van der Waals surface area contributed by atoms with E-state index in [0.29, 0.717) is 18.2 Å². The zero-order valence-electron chi connectivity index (χ0n) is 10.0. The molecule has 90 valence electrons. The number of anilines is 1. The summed E-state index contributed by atoms with van der Waals surface area (Å²) in [5.41, 5.74) is 0.664. The minimum absolute atomic E-state index is 0.184. The van der Waals surface area contributed by atoms with Crippen LogP contribution in [-0.4, -0.2) is 15.6 Å². The van der Waals surface area contributed by atoms with Crippen LogP contribution >= 0.6 is 0 Å². The molecule has 17 heavy (non-hydrogen) atoms. The van der Waals surface area contributed by atoms with Gasteiger partial charge in [-0.1, -0.05) is 18.2 Å². The number of rotatable bonds is 4. The second-order valence-electron chi connectivity index (χ2n) is 4.27. The first-order valence-electron chi connectivity index (χ1n) is 5.68. The number of hydrogen-bond donors (Lipinski definition) is 1. The zero-order chi connectivity index (χ0) is 12.3. The van der Waals surface area contributed by atoms with E-state index >= 15 is 0 Å². The topological polar surface area (TPSA) is 29.9 Å². The molecule has 1 N–H and O–H groups in total. The maximum absolute atomic E-state index is 13.5. The number of imidazole rings is 1. The van der Waals surface area contributed by atoms with E-state index in [2.05, 4.69) is 10.3 Å². The molecule has 2 aromatic rings. The summed E-state index contributed by atoms with van der Waals surface area (Å²) in [7, 11) is 0. The molecule has 0 saturated carbocycles. The maximum Gasteiger partial charge on any atom is 0.203 e. The first kappa shape index (κ1) is 11.6. The van der Waals surface area contributed by atoms with E-state index in [0.717, 1.165) is 5.95 Å². The molecule has 0 amide bonds. The third-order valence-corrected chi connectivity index (χ3v) is 2.43. The van der Waals surface area contributed by atoms with E-state index in [-0.39, 0.29) is 5.82 Å². The molecule has 0 bridgehead atoms. The minimum atomic E-state index is -0.184. The number of aromatic nitrogens is 2. The number of benzene rings is 1. The summed E-state index contributed by atoms with van der Waals surface area (Å²) in [5, 5.41) is 3.22. The van der Waals surface area contributed by atoms with Gasteiger partial charge in [0, 0.05) is 24.0 Å². The average molecular weight is 233 g/mol. The van der Waals surface area contributed by atoms with E-state index in [1.165, 1.54) is 6.07 Å². The summed E-state index contributed by atoms with van der Waals surface area (Å²) in [4.78, 5) is 4.21. The first-order chi connectivity index (χ1) is 8.16. The van der Waals surface area contributed by atoms with Crippen LogP contribution in [0.15, 0.2) is 36.7 Å². The van der Waals surface area contributed by atoms with Gasteiger partial charge in [-0.3, -0.25) is 0 Å². The smallest absolute Gasteiger partial charge is 0.203 e. The van der Waals surface area contributed by atoms with Gasteiger partial charge in [-0.15, -0.1) is 0 Å². The second kappa shape index (κ2) is 4.99. The second-order valence-corrected chi connectivity index (χ2v) is 4.27. The van der Waals surface area contributed by atoms with Gasteiger partial charge < -0.3 is 9.88 Å². The molecule has 1 aromatic heterocycles. The van der Waals surface area contributed by atoms with Crippen molar-refractivity contribution in [3.8, 4) is 0 Å². The number of nitrogens with one attached hydrogen (secondary N) is 1. The third kappa shape index (κ3) is 2.84. The number of hydrogen-bond acceptors (Lipinski definition) is 2. The van der Waals surface area contributed by atoms with Gasteiger partial charge in [0.05, 0.1) is 6.54 Å². The average Bonchev–Trinajstić information content (AvgIpc) is 2.68. The molecule has 0 saturated heterocycles. The van der Waals surface area contributed by atoms with Crippen LogP contribution in [0.1, 0.15) is 19.4 Å². The summed E-state index contributed by atoms with van der Waals surface area (Å²) in [6.07, 6.45) is 3.56. The van der Waals surface area contributed by atoms with Gasteiger partial charge in [0.1, 0.15) is 5.82 Å². The van der Waals surface area contributed by atoms with Crippen LogP contribution in [0.5, 0.6) is 0 Å². The van der Waals surface area contributed by atoms with Gasteiger partial charge in [-0.25, -0.2) is 9.37 Å². The largest absolute Gasteiger partial charge is 0.353 e. The van der Waals surface area contributed by atoms with Crippen LogP contribution in [-0.2, 0) is 6.54 Å². The Morgan fingerprint density at radius 3 is 2.82 bits per heavy atom. The quantitative estimate of drug-likeness (QED) is 0.880. The molecule has 1 aromatic carbocycles. The SMILES string of the molecule is CC(C)Nc1nccn1Cc1ccccc1F. The molecule has 0 unspecified atom stereocenters. The predicted octanol–water partition coefficient (Wildman–Crippen LogP) is 2.89. The van der Waals surface area contributed by atoms with Gasteiger partial charge in [0.25, 0.3) is 0 Å². The number of halogens is 1. The highest BCUT2D eigenvalue weighted by atomic mass is 19.1. The molecule has 0 fully saturated rings. The van der Waals surface area contributed by atoms with Crippen LogP contribution in [0, 0.1) is 5.82 Å². The Hall–Kier alpha value is -1.84. The normalized spacial score (nSPS) is 10.8. The molecule has 0 radical (unpaired) electrons. The molecule has 0 spiro atoms. The van der Waals surface area contributed by atoms with Gasteiger partial charge in [0.2, 0.25) is 5.95 Å². The van der Waals surface area contributed by atoms with E-state index in [1.54, 1.807) is 18.3 Å². The molecular weight excluding hydrogens is 217 g/mol. The van der Waals surface area contributed by atoms with Crippen molar-refractivity contribution >= 4 is 5.95 Å². The fourth-order valence-electron chi connectivity index (χ4n) is 1.65. The molecule has 2 rings (SSSR count).